The van der Waals surface area contributed by atoms with Crippen LogP contribution in [0.25, 0.3) is 0 Å². The Balaban J connectivity index is 1.98. The average molecular weight is 294 g/mol. The molecule has 3 nitrogen and oxygen atoms in total. The van der Waals surface area contributed by atoms with E-state index in [2.05, 4.69) is 18.5 Å². The van der Waals surface area contributed by atoms with Crippen LogP contribution in [0.2, 0.25) is 0 Å². The number of ether oxygens (including phenoxy) is 1. The van der Waals surface area contributed by atoms with Gasteiger partial charge in [-0.3, -0.25) is 0 Å². The largest absolute Gasteiger partial charge is 0.491 e. The van der Waals surface area contributed by atoms with E-state index in [-0.39, 0.29) is 0 Å². The van der Waals surface area contributed by atoms with Gasteiger partial charge in [-0.05, 0) is 37.7 Å². The molecule has 1 aliphatic carbocycles. The fourth-order valence-electron chi connectivity index (χ4n) is 2.72. The van der Waals surface area contributed by atoms with E-state index in [0.29, 0.717) is 17.0 Å². The van der Waals surface area contributed by atoms with Crippen molar-refractivity contribution < 1.29 is 4.74 Å². The number of hydrogen-bond donors (Lipinski definition) is 2. The first-order valence-corrected chi connectivity index (χ1v) is 8.73. The minimum Gasteiger partial charge on any atom is -0.491 e. The van der Waals surface area contributed by atoms with Gasteiger partial charge in [0.2, 0.25) is 0 Å². The predicted molar refractivity (Wildman–Crippen MR) is 89.8 cm³/mol. The van der Waals surface area contributed by atoms with E-state index >= 15 is 0 Å². The summed E-state index contributed by atoms with van der Waals surface area (Å²) < 4.78 is 6.09. The number of thioether (sulfide) groups is 1. The maximum Gasteiger partial charge on any atom is 0.144 e. The second-order valence-electron chi connectivity index (χ2n) is 5.55. The molecule has 0 amide bonds. The zero-order chi connectivity index (χ0) is 14.4. The van der Waals surface area contributed by atoms with Crippen LogP contribution in [-0.4, -0.2) is 24.2 Å². The number of nitrogens with one attached hydrogen (secondary N) is 1. The molecule has 0 aliphatic heterocycles. The topological polar surface area (TPSA) is 47.3 Å². The molecule has 0 bridgehead atoms. The van der Waals surface area contributed by atoms with E-state index in [1.165, 1.54) is 25.7 Å². The summed E-state index contributed by atoms with van der Waals surface area (Å²) in [5, 5.41) is 3.57. The van der Waals surface area contributed by atoms with Crippen molar-refractivity contribution in [2.24, 2.45) is 0 Å². The molecular weight excluding hydrogens is 268 g/mol. The summed E-state index contributed by atoms with van der Waals surface area (Å²) in [5.41, 5.74) is 7.76. The lowest BCUT2D eigenvalue weighted by Gasteiger charge is -2.27. The highest BCUT2D eigenvalue weighted by atomic mass is 32.2. The van der Waals surface area contributed by atoms with Crippen molar-refractivity contribution in [3.8, 4) is 5.75 Å². The third-order valence-electron chi connectivity index (χ3n) is 4.04. The summed E-state index contributed by atoms with van der Waals surface area (Å²) >= 11 is 2.00. The van der Waals surface area contributed by atoms with Crippen molar-refractivity contribution in [2.45, 2.75) is 43.8 Å². The van der Waals surface area contributed by atoms with Crippen LogP contribution in [0.3, 0.4) is 0 Å². The van der Waals surface area contributed by atoms with Gasteiger partial charge < -0.3 is 15.8 Å². The average Bonchev–Trinajstić information content (AvgIpc) is 2.94. The molecule has 112 valence electrons. The van der Waals surface area contributed by atoms with Crippen molar-refractivity contribution in [1.29, 1.82) is 0 Å². The van der Waals surface area contributed by atoms with Crippen molar-refractivity contribution in [2.75, 3.05) is 30.5 Å². The van der Waals surface area contributed by atoms with E-state index in [1.807, 2.05) is 30.0 Å². The molecule has 1 saturated carbocycles. The smallest absolute Gasteiger partial charge is 0.144 e. The van der Waals surface area contributed by atoms with Crippen LogP contribution in [0, 0.1) is 0 Å². The van der Waals surface area contributed by atoms with Gasteiger partial charge in [-0.15, -0.1) is 0 Å². The monoisotopic (exact) mass is 294 g/mol. The lowest BCUT2D eigenvalue weighted by atomic mass is 10.1. The molecule has 0 atom stereocenters. The van der Waals surface area contributed by atoms with Gasteiger partial charge in [0.1, 0.15) is 5.75 Å². The van der Waals surface area contributed by atoms with E-state index in [9.17, 15) is 0 Å². The third kappa shape index (κ3) is 3.75. The quantitative estimate of drug-likeness (QED) is 0.742. The molecule has 1 aromatic rings. The molecule has 0 radical (unpaired) electrons. The molecule has 0 saturated heterocycles. The Morgan fingerprint density at radius 3 is 2.75 bits per heavy atom. The molecule has 1 aliphatic rings. The van der Waals surface area contributed by atoms with Gasteiger partial charge in [-0.25, -0.2) is 0 Å². The number of nitrogen functional groups attached to an aromatic ring is 1. The van der Waals surface area contributed by atoms with E-state index in [4.69, 9.17) is 10.5 Å². The SMILES string of the molecule is CCCOc1cc(NCC2(SC)CCCC2)ccc1N. The number of anilines is 2. The zero-order valence-electron chi connectivity index (χ0n) is 12.6. The van der Waals surface area contributed by atoms with Gasteiger partial charge in [0, 0.05) is 23.0 Å². The van der Waals surface area contributed by atoms with E-state index < -0.39 is 0 Å². The fourth-order valence-corrected chi connectivity index (χ4v) is 3.63. The maximum atomic E-state index is 5.94. The molecule has 4 heteroatoms. The molecule has 2 rings (SSSR count). The Bertz CT molecular complexity index is 430. The van der Waals surface area contributed by atoms with Gasteiger partial charge in [-0.1, -0.05) is 19.8 Å². The fraction of sp³-hybridized carbons (Fsp3) is 0.625. The Morgan fingerprint density at radius 2 is 2.10 bits per heavy atom. The number of hydrogen-bond acceptors (Lipinski definition) is 4. The Morgan fingerprint density at radius 1 is 1.35 bits per heavy atom. The van der Waals surface area contributed by atoms with E-state index in [0.717, 1.165) is 24.4 Å². The van der Waals surface area contributed by atoms with Crippen LogP contribution in [0.4, 0.5) is 11.4 Å². The first-order chi connectivity index (χ1) is 9.69. The summed E-state index contributed by atoms with van der Waals surface area (Å²) in [6.07, 6.45) is 8.56. The van der Waals surface area contributed by atoms with Gasteiger partial charge in [0.25, 0.3) is 0 Å². The third-order valence-corrected chi connectivity index (χ3v) is 5.46. The van der Waals surface area contributed by atoms with E-state index in [1.54, 1.807) is 0 Å². The van der Waals surface area contributed by atoms with Gasteiger partial charge in [0.15, 0.2) is 0 Å². The first kappa shape index (κ1) is 15.4. The predicted octanol–water partition coefficient (Wildman–Crippen LogP) is 4.15. The van der Waals surface area contributed by atoms with Crippen molar-refractivity contribution in [3.05, 3.63) is 18.2 Å². The first-order valence-electron chi connectivity index (χ1n) is 7.50. The summed E-state index contributed by atoms with van der Waals surface area (Å²) in [5.74, 6) is 0.793. The molecule has 20 heavy (non-hydrogen) atoms. The molecule has 0 spiro atoms. The number of benzene rings is 1. The molecule has 1 aromatic carbocycles. The molecule has 0 unspecified atom stereocenters. The maximum absolute atomic E-state index is 5.94. The van der Waals surface area contributed by atoms with Crippen LogP contribution >= 0.6 is 11.8 Å². The van der Waals surface area contributed by atoms with Crippen LogP contribution in [0.1, 0.15) is 39.0 Å². The summed E-state index contributed by atoms with van der Waals surface area (Å²) in [6.45, 7) is 3.83. The Hall–Kier alpha value is -1.03. The number of rotatable bonds is 7. The van der Waals surface area contributed by atoms with Crippen molar-refractivity contribution >= 4 is 23.1 Å². The molecular formula is C16H26N2OS. The van der Waals surface area contributed by atoms with Gasteiger partial charge in [-0.2, -0.15) is 11.8 Å². The zero-order valence-corrected chi connectivity index (χ0v) is 13.4. The lowest BCUT2D eigenvalue weighted by Crippen LogP contribution is -2.29. The molecule has 0 heterocycles. The summed E-state index contributed by atoms with van der Waals surface area (Å²) in [4.78, 5) is 0. The molecule has 3 N–H and O–H groups in total. The summed E-state index contributed by atoms with van der Waals surface area (Å²) in [7, 11) is 0. The standard InChI is InChI=1S/C16H26N2OS/c1-3-10-19-15-11-13(6-7-14(15)17)18-12-16(20-2)8-4-5-9-16/h6-7,11,18H,3-5,8-10,12,17H2,1-2H3. The molecule has 1 fully saturated rings. The minimum absolute atomic E-state index is 0.409. The summed E-state index contributed by atoms with van der Waals surface area (Å²) in [6, 6.07) is 5.98. The highest BCUT2D eigenvalue weighted by molar-refractivity contribution is 8.00. The van der Waals surface area contributed by atoms with Crippen molar-refractivity contribution in [3.63, 3.8) is 0 Å². The van der Waals surface area contributed by atoms with Crippen LogP contribution < -0.4 is 15.8 Å². The second kappa shape index (κ2) is 7.11. The lowest BCUT2D eigenvalue weighted by molar-refractivity contribution is 0.319. The van der Waals surface area contributed by atoms with Crippen LogP contribution in [0.15, 0.2) is 18.2 Å². The Labute approximate surface area is 126 Å². The van der Waals surface area contributed by atoms with Crippen LogP contribution in [0.5, 0.6) is 5.75 Å². The highest BCUT2D eigenvalue weighted by Crippen LogP contribution is 2.40. The van der Waals surface area contributed by atoms with Crippen molar-refractivity contribution in [1.82, 2.24) is 0 Å². The Kier molecular flexibility index (Phi) is 5.46. The van der Waals surface area contributed by atoms with Crippen LogP contribution in [-0.2, 0) is 0 Å². The molecule has 0 aromatic heterocycles. The second-order valence-corrected chi connectivity index (χ2v) is 6.82. The number of nitrogens with two attached hydrogens (primary N) is 1. The highest BCUT2D eigenvalue weighted by Gasteiger charge is 2.32. The minimum atomic E-state index is 0.409. The van der Waals surface area contributed by atoms with Gasteiger partial charge >= 0.3 is 0 Å². The van der Waals surface area contributed by atoms with Gasteiger partial charge in [0.05, 0.1) is 12.3 Å². The normalized spacial score (nSPS) is 17.1.